The van der Waals surface area contributed by atoms with Crippen LogP contribution in [0.2, 0.25) is 0 Å². The molecule has 1 aromatic heterocycles. The van der Waals surface area contributed by atoms with E-state index in [2.05, 4.69) is 5.32 Å². The van der Waals surface area contributed by atoms with E-state index in [1.165, 1.54) is 24.3 Å². The van der Waals surface area contributed by atoms with Crippen molar-refractivity contribution in [1.29, 1.82) is 0 Å². The second-order valence-corrected chi connectivity index (χ2v) is 5.92. The summed E-state index contributed by atoms with van der Waals surface area (Å²) in [7, 11) is 1.78. The topological polar surface area (TPSA) is 34.0 Å². The Hall–Kier alpha value is -2.95. The number of amides is 1. The van der Waals surface area contributed by atoms with Gasteiger partial charge in [-0.2, -0.15) is 0 Å². The Morgan fingerprint density at radius 2 is 1.76 bits per heavy atom. The van der Waals surface area contributed by atoms with E-state index in [1.54, 1.807) is 54.2 Å². The van der Waals surface area contributed by atoms with Crippen LogP contribution in [-0.4, -0.2) is 10.5 Å². The largest absolute Gasteiger partial charge is 0.347 e. The van der Waals surface area contributed by atoms with Crippen molar-refractivity contribution < 1.29 is 13.6 Å². The van der Waals surface area contributed by atoms with E-state index in [-0.39, 0.29) is 17.5 Å². The van der Waals surface area contributed by atoms with Gasteiger partial charge in [0.2, 0.25) is 0 Å². The molecule has 3 nitrogen and oxygen atoms in total. The zero-order chi connectivity index (χ0) is 17.8. The molecular weight excluding hydrogens is 322 g/mol. The van der Waals surface area contributed by atoms with Crippen LogP contribution in [-0.2, 0) is 13.5 Å². The molecule has 0 aliphatic rings. The number of halogens is 2. The lowest BCUT2D eigenvalue weighted by atomic mass is 9.98. The Bertz CT molecular complexity index is 889. The zero-order valence-corrected chi connectivity index (χ0v) is 13.7. The third kappa shape index (κ3) is 4.12. The monoisotopic (exact) mass is 340 g/mol. The summed E-state index contributed by atoms with van der Waals surface area (Å²) in [4.78, 5) is 12.6. The predicted octanol–water partition coefficient (Wildman–Crippen LogP) is 4.02. The number of hydrogen-bond acceptors (Lipinski definition) is 1. The van der Waals surface area contributed by atoms with E-state index >= 15 is 0 Å². The molecule has 0 saturated heterocycles. The molecule has 0 fully saturated rings. The number of benzene rings is 2. The fraction of sp³-hybridized carbons (Fsp3) is 0.150. The summed E-state index contributed by atoms with van der Waals surface area (Å²) >= 11 is 0. The third-order valence-corrected chi connectivity index (χ3v) is 4.06. The van der Waals surface area contributed by atoms with E-state index in [1.807, 2.05) is 0 Å². The summed E-state index contributed by atoms with van der Waals surface area (Å²) in [5.41, 5.74) is 1.86. The smallest absolute Gasteiger partial charge is 0.268 e. The van der Waals surface area contributed by atoms with Gasteiger partial charge in [0.1, 0.15) is 17.3 Å². The first-order valence-corrected chi connectivity index (χ1v) is 7.95. The highest BCUT2D eigenvalue weighted by atomic mass is 19.1. The fourth-order valence-corrected chi connectivity index (χ4v) is 2.80. The quantitative estimate of drug-likeness (QED) is 0.748. The van der Waals surface area contributed by atoms with Crippen LogP contribution in [0, 0.1) is 11.6 Å². The standard InChI is InChI=1S/C20H18F2N2O/c1-24-10-4-9-19(24)20(25)23-18(15-6-3-8-17(22)13-15)12-14-5-2-7-16(21)11-14/h2-11,13,18H,12H2,1H3,(H,23,25). The van der Waals surface area contributed by atoms with Crippen LogP contribution >= 0.6 is 0 Å². The van der Waals surface area contributed by atoms with Crippen LogP contribution in [0.4, 0.5) is 8.78 Å². The van der Waals surface area contributed by atoms with Crippen molar-refractivity contribution in [2.45, 2.75) is 12.5 Å². The minimum atomic E-state index is -0.472. The van der Waals surface area contributed by atoms with Gasteiger partial charge in [0.15, 0.2) is 0 Å². The molecule has 1 unspecified atom stereocenters. The molecule has 0 aliphatic carbocycles. The Labute approximate surface area is 144 Å². The zero-order valence-electron chi connectivity index (χ0n) is 13.7. The van der Waals surface area contributed by atoms with Crippen LogP contribution in [0.25, 0.3) is 0 Å². The highest BCUT2D eigenvalue weighted by Crippen LogP contribution is 2.21. The SMILES string of the molecule is Cn1cccc1C(=O)NC(Cc1cccc(F)c1)c1cccc(F)c1. The number of hydrogen-bond donors (Lipinski definition) is 1. The molecule has 0 saturated carbocycles. The van der Waals surface area contributed by atoms with Crippen LogP contribution in [0.3, 0.4) is 0 Å². The van der Waals surface area contributed by atoms with Crippen LogP contribution in [0.5, 0.6) is 0 Å². The Balaban J connectivity index is 1.89. The van der Waals surface area contributed by atoms with Gasteiger partial charge >= 0.3 is 0 Å². The lowest BCUT2D eigenvalue weighted by Gasteiger charge is -2.20. The molecule has 0 aliphatic heterocycles. The van der Waals surface area contributed by atoms with Crippen molar-refractivity contribution in [2.75, 3.05) is 0 Å². The first-order chi connectivity index (χ1) is 12.0. The minimum Gasteiger partial charge on any atom is -0.347 e. The molecule has 1 heterocycles. The first-order valence-electron chi connectivity index (χ1n) is 7.95. The maximum atomic E-state index is 13.6. The van der Waals surface area contributed by atoms with Gasteiger partial charge in [0.25, 0.3) is 5.91 Å². The van der Waals surface area contributed by atoms with Gasteiger partial charge in [-0.3, -0.25) is 4.79 Å². The molecule has 1 atom stereocenters. The molecule has 0 bridgehead atoms. The number of carbonyl (C=O) groups is 1. The summed E-state index contributed by atoms with van der Waals surface area (Å²) in [6.07, 6.45) is 2.13. The highest BCUT2D eigenvalue weighted by Gasteiger charge is 2.18. The van der Waals surface area contributed by atoms with Gasteiger partial charge < -0.3 is 9.88 Å². The molecule has 3 aromatic rings. The number of rotatable bonds is 5. The van der Waals surface area contributed by atoms with Crippen LogP contribution < -0.4 is 5.32 Å². The summed E-state index contributed by atoms with van der Waals surface area (Å²) < 4.78 is 28.8. The van der Waals surface area contributed by atoms with Crippen molar-refractivity contribution in [3.8, 4) is 0 Å². The lowest BCUT2D eigenvalue weighted by molar-refractivity contribution is 0.0928. The van der Waals surface area contributed by atoms with Gasteiger partial charge in [-0.1, -0.05) is 24.3 Å². The van der Waals surface area contributed by atoms with Crippen molar-refractivity contribution in [3.63, 3.8) is 0 Å². The van der Waals surface area contributed by atoms with Gasteiger partial charge in [-0.25, -0.2) is 8.78 Å². The Morgan fingerprint density at radius 1 is 1.04 bits per heavy atom. The molecule has 3 rings (SSSR count). The van der Waals surface area contributed by atoms with Gasteiger partial charge in [0, 0.05) is 13.2 Å². The molecule has 1 amide bonds. The number of aryl methyl sites for hydroxylation is 1. The number of aromatic nitrogens is 1. The summed E-state index contributed by atoms with van der Waals surface area (Å²) in [6.45, 7) is 0. The molecule has 0 radical (unpaired) electrons. The average molecular weight is 340 g/mol. The molecule has 5 heteroatoms. The van der Waals surface area contributed by atoms with Gasteiger partial charge in [-0.15, -0.1) is 0 Å². The fourth-order valence-electron chi connectivity index (χ4n) is 2.80. The minimum absolute atomic E-state index is 0.266. The van der Waals surface area contributed by atoms with E-state index in [0.717, 1.165) is 5.56 Å². The molecular formula is C20H18F2N2O. The molecule has 1 N–H and O–H groups in total. The van der Waals surface area contributed by atoms with E-state index < -0.39 is 6.04 Å². The van der Waals surface area contributed by atoms with E-state index in [0.29, 0.717) is 17.7 Å². The Morgan fingerprint density at radius 3 is 2.40 bits per heavy atom. The van der Waals surface area contributed by atoms with Crippen molar-refractivity contribution in [3.05, 3.63) is 95.3 Å². The number of carbonyl (C=O) groups excluding carboxylic acids is 1. The summed E-state index contributed by atoms with van der Waals surface area (Å²) in [6, 6.07) is 15.3. The second kappa shape index (κ2) is 7.30. The van der Waals surface area contributed by atoms with E-state index in [9.17, 15) is 13.6 Å². The highest BCUT2D eigenvalue weighted by molar-refractivity contribution is 5.93. The van der Waals surface area contributed by atoms with Crippen molar-refractivity contribution in [1.82, 2.24) is 9.88 Å². The van der Waals surface area contributed by atoms with Crippen molar-refractivity contribution in [2.24, 2.45) is 7.05 Å². The molecule has 2 aromatic carbocycles. The normalized spacial score (nSPS) is 12.0. The molecule has 128 valence electrons. The molecule has 0 spiro atoms. The second-order valence-electron chi connectivity index (χ2n) is 5.92. The maximum Gasteiger partial charge on any atom is 0.268 e. The third-order valence-electron chi connectivity index (χ3n) is 4.06. The van der Waals surface area contributed by atoms with Gasteiger partial charge in [0.05, 0.1) is 6.04 Å². The van der Waals surface area contributed by atoms with Crippen molar-refractivity contribution >= 4 is 5.91 Å². The summed E-state index contributed by atoms with van der Waals surface area (Å²) in [5, 5.41) is 2.92. The maximum absolute atomic E-state index is 13.6. The number of nitrogens with one attached hydrogen (secondary N) is 1. The lowest BCUT2D eigenvalue weighted by Crippen LogP contribution is -2.31. The molecule has 25 heavy (non-hydrogen) atoms. The van der Waals surface area contributed by atoms with Crippen LogP contribution in [0.1, 0.15) is 27.7 Å². The average Bonchev–Trinajstić information content (AvgIpc) is 3.00. The first kappa shape index (κ1) is 16.9. The van der Waals surface area contributed by atoms with Crippen LogP contribution in [0.15, 0.2) is 66.9 Å². The summed E-state index contributed by atoms with van der Waals surface area (Å²) in [5.74, 6) is -0.989. The van der Waals surface area contributed by atoms with E-state index in [4.69, 9.17) is 0 Å². The predicted molar refractivity (Wildman–Crippen MR) is 92.1 cm³/mol. The Kier molecular flexibility index (Phi) is 4.93. The number of nitrogens with zero attached hydrogens (tertiary/aromatic N) is 1. The van der Waals surface area contributed by atoms with Gasteiger partial charge in [-0.05, 0) is 53.9 Å².